The van der Waals surface area contributed by atoms with E-state index >= 15 is 0 Å². The first-order chi connectivity index (χ1) is 9.81. The Morgan fingerprint density at radius 3 is 2.33 bits per heavy atom. The Balaban J connectivity index is 0.00000161. The summed E-state index contributed by atoms with van der Waals surface area (Å²) in [5, 5.41) is 11.5. The molecule has 2 atom stereocenters. The first kappa shape index (κ1) is 15.6. The second-order valence-corrected chi connectivity index (χ2v) is 4.94. The van der Waals surface area contributed by atoms with Gasteiger partial charge in [0.15, 0.2) is 0 Å². The highest BCUT2D eigenvalue weighted by Crippen LogP contribution is 2.27. The van der Waals surface area contributed by atoms with Crippen molar-refractivity contribution in [3.05, 3.63) is 72.4 Å². The molecule has 21 heavy (non-hydrogen) atoms. The van der Waals surface area contributed by atoms with Crippen molar-refractivity contribution in [1.29, 1.82) is 0 Å². The number of aliphatic hydroxyl groups excluding tert-OH is 1. The van der Waals surface area contributed by atoms with Gasteiger partial charge in [0.05, 0.1) is 12.1 Å². The van der Waals surface area contributed by atoms with Gasteiger partial charge in [-0.3, -0.25) is 0 Å². The van der Waals surface area contributed by atoms with E-state index in [0.29, 0.717) is 0 Å². The van der Waals surface area contributed by atoms with Crippen LogP contribution in [0.25, 0.3) is 10.9 Å². The minimum absolute atomic E-state index is 0. The molecule has 3 nitrogen and oxygen atoms in total. The van der Waals surface area contributed by atoms with Gasteiger partial charge >= 0.3 is 0 Å². The maximum absolute atomic E-state index is 10.4. The zero-order chi connectivity index (χ0) is 13.9. The number of hydrogen-bond donors (Lipinski definition) is 2. The molecule has 0 saturated heterocycles. The monoisotopic (exact) mass is 302 g/mol. The van der Waals surface area contributed by atoms with Crippen LogP contribution < -0.4 is 5.73 Å². The third-order valence-corrected chi connectivity index (χ3v) is 3.68. The van der Waals surface area contributed by atoms with E-state index < -0.39 is 6.10 Å². The number of nitrogens with zero attached hydrogens (tertiary/aromatic N) is 1. The summed E-state index contributed by atoms with van der Waals surface area (Å²) in [6.45, 7) is 0.228. The van der Waals surface area contributed by atoms with Crippen LogP contribution in [-0.2, 0) is 0 Å². The maximum Gasteiger partial charge on any atom is 0.0910 e. The van der Waals surface area contributed by atoms with Crippen LogP contribution in [0.2, 0.25) is 0 Å². The smallest absolute Gasteiger partial charge is 0.0910 e. The van der Waals surface area contributed by atoms with Gasteiger partial charge in [-0.15, -0.1) is 12.4 Å². The Morgan fingerprint density at radius 1 is 0.952 bits per heavy atom. The van der Waals surface area contributed by atoms with E-state index in [1.54, 1.807) is 0 Å². The van der Waals surface area contributed by atoms with Gasteiger partial charge in [-0.2, -0.15) is 0 Å². The van der Waals surface area contributed by atoms with E-state index in [-0.39, 0.29) is 25.0 Å². The van der Waals surface area contributed by atoms with Crippen LogP contribution in [0.1, 0.15) is 11.6 Å². The lowest BCUT2D eigenvalue weighted by Crippen LogP contribution is -2.31. The molecule has 3 rings (SSSR count). The molecule has 2 aromatic carbocycles. The standard InChI is InChI=1S/C17H18N2O.ClH/c18-12-16(20)17(14-7-2-1-3-8-14)19-11-10-13-6-4-5-9-15(13)19;/h1-11,16-17,20H,12,18H2;1H. The highest BCUT2D eigenvalue weighted by Gasteiger charge is 2.22. The minimum atomic E-state index is -0.617. The molecule has 4 heteroatoms. The predicted octanol–water partition coefficient (Wildman–Crippen LogP) is 2.97. The Kier molecular flexibility index (Phi) is 5.02. The molecule has 0 aliphatic rings. The van der Waals surface area contributed by atoms with Gasteiger partial charge in [0.25, 0.3) is 0 Å². The van der Waals surface area contributed by atoms with Crippen LogP contribution in [0.5, 0.6) is 0 Å². The van der Waals surface area contributed by atoms with Crippen molar-refractivity contribution in [1.82, 2.24) is 4.57 Å². The fraction of sp³-hybridized carbons (Fsp3) is 0.176. The van der Waals surface area contributed by atoms with Crippen LogP contribution in [0, 0.1) is 0 Å². The first-order valence-corrected chi connectivity index (χ1v) is 6.80. The van der Waals surface area contributed by atoms with Gasteiger partial charge in [0.2, 0.25) is 0 Å². The number of fused-ring (bicyclic) bond motifs is 1. The molecular formula is C17H19ClN2O. The van der Waals surface area contributed by atoms with Crippen LogP contribution in [0.3, 0.4) is 0 Å². The van der Waals surface area contributed by atoms with E-state index in [9.17, 15) is 5.11 Å². The summed E-state index contributed by atoms with van der Waals surface area (Å²) in [6, 6.07) is 20.1. The van der Waals surface area contributed by atoms with Crippen LogP contribution in [-0.4, -0.2) is 22.3 Å². The average Bonchev–Trinajstić information content (AvgIpc) is 2.92. The molecule has 1 aromatic heterocycles. The normalized spacial score (nSPS) is 13.6. The van der Waals surface area contributed by atoms with E-state index in [2.05, 4.69) is 22.8 Å². The molecule has 110 valence electrons. The molecule has 0 amide bonds. The molecule has 0 radical (unpaired) electrons. The molecule has 0 aliphatic heterocycles. The number of benzene rings is 2. The fourth-order valence-electron chi connectivity index (χ4n) is 2.69. The van der Waals surface area contributed by atoms with E-state index in [1.165, 1.54) is 0 Å². The molecule has 1 heterocycles. The Hall–Kier alpha value is -1.81. The molecule has 0 bridgehead atoms. The van der Waals surface area contributed by atoms with Crippen molar-refractivity contribution in [2.45, 2.75) is 12.1 Å². The molecule has 0 saturated carbocycles. The average molecular weight is 303 g/mol. The predicted molar refractivity (Wildman–Crippen MR) is 88.8 cm³/mol. The van der Waals surface area contributed by atoms with Crippen molar-refractivity contribution in [2.24, 2.45) is 5.73 Å². The molecular weight excluding hydrogens is 284 g/mol. The summed E-state index contributed by atoms with van der Waals surface area (Å²) >= 11 is 0. The number of aliphatic hydroxyl groups is 1. The number of nitrogens with two attached hydrogens (primary N) is 1. The van der Waals surface area contributed by atoms with Gasteiger partial charge in [-0.1, -0.05) is 48.5 Å². The summed E-state index contributed by atoms with van der Waals surface area (Å²) in [6.07, 6.45) is 1.40. The maximum atomic E-state index is 10.4. The number of aromatic nitrogens is 1. The number of rotatable bonds is 4. The van der Waals surface area contributed by atoms with Crippen molar-refractivity contribution >= 4 is 23.3 Å². The molecule has 0 aliphatic carbocycles. The van der Waals surface area contributed by atoms with E-state index in [1.807, 2.05) is 48.7 Å². The summed E-state index contributed by atoms with van der Waals surface area (Å²) in [7, 11) is 0. The van der Waals surface area contributed by atoms with Crippen molar-refractivity contribution in [2.75, 3.05) is 6.54 Å². The number of hydrogen-bond acceptors (Lipinski definition) is 2. The zero-order valence-corrected chi connectivity index (χ0v) is 12.4. The second kappa shape index (κ2) is 6.76. The summed E-state index contributed by atoms with van der Waals surface area (Å²) < 4.78 is 2.10. The Morgan fingerprint density at radius 2 is 1.62 bits per heavy atom. The fourth-order valence-corrected chi connectivity index (χ4v) is 2.69. The summed E-state index contributed by atoms with van der Waals surface area (Å²) in [4.78, 5) is 0. The summed E-state index contributed by atoms with van der Waals surface area (Å²) in [5.74, 6) is 0. The Bertz CT molecular complexity index is 696. The van der Waals surface area contributed by atoms with Gasteiger partial charge in [0.1, 0.15) is 0 Å². The molecule has 3 aromatic rings. The zero-order valence-electron chi connectivity index (χ0n) is 11.6. The number of para-hydroxylation sites is 1. The Labute approximate surface area is 130 Å². The lowest BCUT2D eigenvalue weighted by atomic mass is 10.0. The SMILES string of the molecule is Cl.NCC(O)C(c1ccccc1)n1ccc2ccccc21. The van der Waals surface area contributed by atoms with Gasteiger partial charge < -0.3 is 15.4 Å². The van der Waals surface area contributed by atoms with Gasteiger partial charge in [-0.05, 0) is 23.1 Å². The second-order valence-electron chi connectivity index (χ2n) is 4.94. The molecule has 2 unspecified atom stereocenters. The first-order valence-electron chi connectivity index (χ1n) is 6.80. The molecule has 0 fully saturated rings. The van der Waals surface area contributed by atoms with Crippen molar-refractivity contribution in [3.8, 4) is 0 Å². The van der Waals surface area contributed by atoms with Crippen molar-refractivity contribution in [3.63, 3.8) is 0 Å². The molecule has 3 N–H and O–H groups in total. The van der Waals surface area contributed by atoms with Crippen LogP contribution in [0.15, 0.2) is 66.9 Å². The van der Waals surface area contributed by atoms with Crippen LogP contribution in [0.4, 0.5) is 0 Å². The topological polar surface area (TPSA) is 51.2 Å². The lowest BCUT2D eigenvalue weighted by Gasteiger charge is -2.25. The number of halogens is 1. The third kappa shape index (κ3) is 2.95. The van der Waals surface area contributed by atoms with E-state index in [4.69, 9.17) is 5.73 Å². The van der Waals surface area contributed by atoms with Crippen LogP contribution >= 0.6 is 12.4 Å². The summed E-state index contributed by atoms with van der Waals surface area (Å²) in [5.41, 5.74) is 7.86. The largest absolute Gasteiger partial charge is 0.389 e. The van der Waals surface area contributed by atoms with Gasteiger partial charge in [-0.25, -0.2) is 0 Å². The lowest BCUT2D eigenvalue weighted by molar-refractivity contribution is 0.140. The van der Waals surface area contributed by atoms with E-state index in [0.717, 1.165) is 16.5 Å². The minimum Gasteiger partial charge on any atom is -0.389 e. The van der Waals surface area contributed by atoms with Crippen molar-refractivity contribution < 1.29 is 5.11 Å². The highest BCUT2D eigenvalue weighted by atomic mass is 35.5. The quantitative estimate of drug-likeness (QED) is 0.778. The highest BCUT2D eigenvalue weighted by molar-refractivity contribution is 5.85. The third-order valence-electron chi connectivity index (χ3n) is 3.68. The molecule has 0 spiro atoms. The van der Waals surface area contributed by atoms with Gasteiger partial charge in [0, 0.05) is 18.3 Å².